The summed E-state index contributed by atoms with van der Waals surface area (Å²) in [5.41, 5.74) is -2.71. The molecule has 0 N–H and O–H groups in total. The van der Waals surface area contributed by atoms with E-state index >= 15 is 0 Å². The second-order valence-electron chi connectivity index (χ2n) is 9.15. The largest absolute Gasteiger partial charge is 0.459 e. The Morgan fingerprint density at radius 2 is 1.70 bits per heavy atom. The summed E-state index contributed by atoms with van der Waals surface area (Å²) < 4.78 is 5.64. The number of ether oxygens (including phenoxy) is 1. The molecule has 0 aromatic rings. The topological polar surface area (TPSA) is 60.4 Å². The summed E-state index contributed by atoms with van der Waals surface area (Å²) >= 11 is 0. The second kappa shape index (κ2) is 4.07. The molecule has 0 aromatic heterocycles. The highest BCUT2D eigenvalue weighted by Crippen LogP contribution is 2.70. The van der Waals surface area contributed by atoms with Gasteiger partial charge in [0.25, 0.3) is 0 Å². The van der Waals surface area contributed by atoms with Crippen LogP contribution < -0.4 is 0 Å². The maximum atomic E-state index is 13.6. The SMILES string of the molecule is C[C@H]1[C@@H]2CC3(C(=O)[C@@H](C)CC[C@H]13)C(=O)[C@@]1(C)C(=O)OC(C)(C)[C@@H]21. The zero-order valence-corrected chi connectivity index (χ0v) is 14.6. The fraction of sp³-hybridized carbons (Fsp3) is 0.842. The van der Waals surface area contributed by atoms with Crippen molar-refractivity contribution in [2.75, 3.05) is 0 Å². The Hall–Kier alpha value is -1.19. The van der Waals surface area contributed by atoms with Gasteiger partial charge in [-0.3, -0.25) is 14.4 Å². The van der Waals surface area contributed by atoms with Crippen molar-refractivity contribution in [1.29, 1.82) is 0 Å². The molecule has 4 heteroatoms. The second-order valence-corrected chi connectivity index (χ2v) is 9.15. The third-order valence-electron chi connectivity index (χ3n) is 7.75. The van der Waals surface area contributed by atoms with Crippen molar-refractivity contribution in [3.05, 3.63) is 0 Å². The van der Waals surface area contributed by atoms with Crippen LogP contribution in [0.3, 0.4) is 0 Å². The molecule has 0 amide bonds. The highest BCUT2D eigenvalue weighted by Gasteiger charge is 2.78. The molecule has 0 aromatic carbocycles. The fourth-order valence-electron chi connectivity index (χ4n) is 6.92. The summed E-state index contributed by atoms with van der Waals surface area (Å²) in [4.78, 5) is 39.4. The Labute approximate surface area is 137 Å². The lowest BCUT2D eigenvalue weighted by Gasteiger charge is -2.47. The van der Waals surface area contributed by atoms with Crippen LogP contribution in [0.25, 0.3) is 0 Å². The first-order valence-corrected chi connectivity index (χ1v) is 8.91. The van der Waals surface area contributed by atoms with Gasteiger partial charge in [-0.15, -0.1) is 0 Å². The van der Waals surface area contributed by atoms with Gasteiger partial charge in [0.1, 0.15) is 16.8 Å². The lowest BCUT2D eigenvalue weighted by molar-refractivity contribution is -0.164. The van der Waals surface area contributed by atoms with Gasteiger partial charge in [-0.2, -0.15) is 0 Å². The average Bonchev–Trinajstić information content (AvgIpc) is 2.83. The van der Waals surface area contributed by atoms with Crippen LogP contribution in [0.15, 0.2) is 0 Å². The molecule has 7 atom stereocenters. The Balaban J connectivity index is 1.95. The van der Waals surface area contributed by atoms with Crippen LogP contribution in [0.2, 0.25) is 0 Å². The van der Waals surface area contributed by atoms with Crippen molar-refractivity contribution in [1.82, 2.24) is 0 Å². The van der Waals surface area contributed by atoms with E-state index in [1.54, 1.807) is 6.92 Å². The van der Waals surface area contributed by atoms with Crippen LogP contribution >= 0.6 is 0 Å². The van der Waals surface area contributed by atoms with E-state index in [4.69, 9.17) is 4.74 Å². The van der Waals surface area contributed by atoms with E-state index < -0.39 is 22.4 Å². The van der Waals surface area contributed by atoms with E-state index in [9.17, 15) is 14.4 Å². The summed E-state index contributed by atoms with van der Waals surface area (Å²) in [5, 5.41) is 0. The van der Waals surface area contributed by atoms with Crippen molar-refractivity contribution < 1.29 is 19.1 Å². The van der Waals surface area contributed by atoms with E-state index in [1.807, 2.05) is 20.8 Å². The molecule has 126 valence electrons. The summed E-state index contributed by atoms with van der Waals surface area (Å²) in [5.74, 6) is -0.0568. The van der Waals surface area contributed by atoms with E-state index in [-0.39, 0.29) is 41.2 Å². The highest BCUT2D eigenvalue weighted by atomic mass is 16.6. The van der Waals surface area contributed by atoms with Crippen LogP contribution in [0.1, 0.15) is 53.9 Å². The molecule has 23 heavy (non-hydrogen) atoms. The van der Waals surface area contributed by atoms with Crippen molar-refractivity contribution in [2.45, 2.75) is 59.5 Å². The van der Waals surface area contributed by atoms with E-state index in [0.29, 0.717) is 6.42 Å². The van der Waals surface area contributed by atoms with Crippen molar-refractivity contribution in [3.63, 3.8) is 0 Å². The fourth-order valence-corrected chi connectivity index (χ4v) is 6.92. The molecule has 1 spiro atoms. The monoisotopic (exact) mass is 318 g/mol. The molecular weight excluding hydrogens is 292 g/mol. The number of carbonyl (C=O) groups is 3. The van der Waals surface area contributed by atoms with Crippen LogP contribution in [-0.4, -0.2) is 23.1 Å². The molecule has 4 rings (SSSR count). The predicted molar refractivity (Wildman–Crippen MR) is 83.4 cm³/mol. The molecule has 3 aliphatic carbocycles. The predicted octanol–water partition coefficient (Wildman–Crippen LogP) is 2.78. The number of ketones is 2. The van der Waals surface area contributed by atoms with Gasteiger partial charge < -0.3 is 4.74 Å². The lowest BCUT2D eigenvalue weighted by atomic mass is 9.50. The number of rotatable bonds is 0. The number of Topliss-reactive ketones (excluding diaryl/α,β-unsaturated/α-hetero) is 2. The minimum absolute atomic E-state index is 0.0771. The third-order valence-corrected chi connectivity index (χ3v) is 7.75. The van der Waals surface area contributed by atoms with Gasteiger partial charge in [0.05, 0.1) is 5.41 Å². The summed E-state index contributed by atoms with van der Waals surface area (Å²) in [6.07, 6.45) is 2.42. The highest BCUT2D eigenvalue weighted by molar-refractivity contribution is 6.19. The quantitative estimate of drug-likeness (QED) is 0.509. The zero-order valence-electron chi connectivity index (χ0n) is 14.6. The minimum Gasteiger partial charge on any atom is -0.459 e. The first-order valence-electron chi connectivity index (χ1n) is 8.91. The normalized spacial score (nSPS) is 53.8. The van der Waals surface area contributed by atoms with Gasteiger partial charge in [-0.1, -0.05) is 13.8 Å². The van der Waals surface area contributed by atoms with Crippen molar-refractivity contribution in [3.8, 4) is 0 Å². The van der Waals surface area contributed by atoms with Crippen molar-refractivity contribution >= 4 is 17.5 Å². The lowest BCUT2D eigenvalue weighted by Crippen LogP contribution is -2.59. The molecule has 1 unspecified atom stereocenters. The van der Waals surface area contributed by atoms with Crippen LogP contribution in [-0.2, 0) is 19.1 Å². The van der Waals surface area contributed by atoms with Gasteiger partial charge in [-0.05, 0) is 57.8 Å². The summed E-state index contributed by atoms with van der Waals surface area (Å²) in [6.45, 7) is 9.70. The molecule has 2 bridgehead atoms. The molecule has 1 aliphatic heterocycles. The number of fused-ring (bicyclic) bond motifs is 3. The number of hydrogen-bond donors (Lipinski definition) is 0. The van der Waals surface area contributed by atoms with Crippen LogP contribution in [0.4, 0.5) is 0 Å². The number of esters is 1. The average molecular weight is 318 g/mol. The third kappa shape index (κ3) is 1.43. The Kier molecular flexibility index (Phi) is 2.71. The molecule has 4 aliphatic rings. The Bertz CT molecular complexity index is 635. The van der Waals surface area contributed by atoms with Crippen LogP contribution in [0.5, 0.6) is 0 Å². The van der Waals surface area contributed by atoms with Crippen molar-refractivity contribution in [2.24, 2.45) is 40.4 Å². The van der Waals surface area contributed by atoms with E-state index in [1.165, 1.54) is 0 Å². The van der Waals surface area contributed by atoms with Gasteiger partial charge >= 0.3 is 5.97 Å². The van der Waals surface area contributed by atoms with Gasteiger partial charge in [0, 0.05) is 11.8 Å². The van der Waals surface area contributed by atoms with Crippen LogP contribution in [0, 0.1) is 40.4 Å². The maximum absolute atomic E-state index is 13.6. The first kappa shape index (κ1) is 15.3. The van der Waals surface area contributed by atoms with Gasteiger partial charge in [0.15, 0.2) is 5.78 Å². The first-order chi connectivity index (χ1) is 10.6. The Morgan fingerprint density at radius 1 is 1.04 bits per heavy atom. The number of cyclic esters (lactones) is 1. The summed E-state index contributed by atoms with van der Waals surface area (Å²) in [6, 6.07) is 0. The zero-order chi connectivity index (χ0) is 16.9. The maximum Gasteiger partial charge on any atom is 0.320 e. The van der Waals surface area contributed by atoms with E-state index in [2.05, 4.69) is 6.92 Å². The van der Waals surface area contributed by atoms with Gasteiger partial charge in [0.2, 0.25) is 0 Å². The molecule has 1 saturated heterocycles. The smallest absolute Gasteiger partial charge is 0.320 e. The molecule has 4 fully saturated rings. The Morgan fingerprint density at radius 3 is 2.35 bits per heavy atom. The number of carbonyl (C=O) groups excluding carboxylic acids is 3. The number of hydrogen-bond acceptors (Lipinski definition) is 4. The molecule has 0 radical (unpaired) electrons. The molecule has 3 saturated carbocycles. The molecular formula is C19H26O4. The van der Waals surface area contributed by atoms with E-state index in [0.717, 1.165) is 12.8 Å². The minimum atomic E-state index is -1.15. The molecule has 4 nitrogen and oxygen atoms in total. The molecule has 1 heterocycles. The van der Waals surface area contributed by atoms with Gasteiger partial charge in [-0.25, -0.2) is 0 Å². The summed E-state index contributed by atoms with van der Waals surface area (Å²) in [7, 11) is 0. The standard InChI is InChI=1S/C19H26O4/c1-9-6-7-12-10(2)11-8-19(12,14(9)20)15(21)18(5)13(11)17(3,4)23-16(18)22/h9-13H,6-8H2,1-5H3/t9-,10-,11-,12+,13+,18-,19?/m0/s1.